The molecule has 0 spiro atoms. The number of nitrogens with one attached hydrogen (secondary N) is 1. The Bertz CT molecular complexity index is 1080. The Kier molecular flexibility index (Phi) is 5.96. The first-order valence-corrected chi connectivity index (χ1v) is 10.9. The molecule has 0 saturated carbocycles. The Balaban J connectivity index is 1.63. The number of ether oxygens (including phenoxy) is 2. The molecule has 0 saturated heterocycles. The average molecular weight is 418 g/mol. The second kappa shape index (κ2) is 8.41. The highest BCUT2D eigenvalue weighted by molar-refractivity contribution is 7.92. The van der Waals surface area contributed by atoms with Gasteiger partial charge in [-0.1, -0.05) is 6.07 Å². The van der Waals surface area contributed by atoms with Gasteiger partial charge in [0.25, 0.3) is 0 Å². The van der Waals surface area contributed by atoms with Gasteiger partial charge in [0.15, 0.2) is 0 Å². The highest BCUT2D eigenvalue weighted by Crippen LogP contribution is 2.26. The largest absolute Gasteiger partial charge is 0.497 e. The molecule has 0 aliphatic carbocycles. The van der Waals surface area contributed by atoms with Gasteiger partial charge in [0.2, 0.25) is 10.0 Å². The van der Waals surface area contributed by atoms with Crippen LogP contribution in [0.3, 0.4) is 0 Å². The smallest absolute Gasteiger partial charge is 0.338 e. The van der Waals surface area contributed by atoms with Crippen molar-refractivity contribution >= 4 is 33.0 Å². The van der Waals surface area contributed by atoms with Gasteiger partial charge in [-0.25, -0.2) is 18.2 Å². The lowest BCUT2D eigenvalue weighted by molar-refractivity contribution is 0.0468. The quantitative estimate of drug-likeness (QED) is 0.590. The number of hydrogen-bond donors (Lipinski definition) is 1. The minimum Gasteiger partial charge on any atom is -0.497 e. The zero-order valence-electron chi connectivity index (χ0n) is 15.2. The summed E-state index contributed by atoms with van der Waals surface area (Å²) in [4.78, 5) is 16.7. The molecule has 0 radical (unpaired) electrons. The number of esters is 1. The molecular weight excluding hydrogens is 400 g/mol. The van der Waals surface area contributed by atoms with E-state index in [0.717, 1.165) is 22.6 Å². The fourth-order valence-corrected chi connectivity index (χ4v) is 3.75. The van der Waals surface area contributed by atoms with Gasteiger partial charge in [0.1, 0.15) is 17.4 Å². The van der Waals surface area contributed by atoms with Crippen LogP contribution in [0.2, 0.25) is 0 Å². The topological polar surface area (TPSA) is 94.6 Å². The average Bonchev–Trinajstić information content (AvgIpc) is 3.14. The monoisotopic (exact) mass is 418 g/mol. The molecule has 0 aliphatic rings. The third kappa shape index (κ3) is 5.30. The molecule has 9 heteroatoms. The molecule has 0 fully saturated rings. The van der Waals surface area contributed by atoms with Gasteiger partial charge >= 0.3 is 5.97 Å². The van der Waals surface area contributed by atoms with Gasteiger partial charge in [0.05, 0.1) is 24.6 Å². The lowest BCUT2D eigenvalue weighted by Crippen LogP contribution is -2.11. The number of carbonyl (C=O) groups is 1. The van der Waals surface area contributed by atoms with Crippen molar-refractivity contribution in [1.82, 2.24) is 4.98 Å². The first-order valence-electron chi connectivity index (χ1n) is 8.18. The molecule has 0 amide bonds. The van der Waals surface area contributed by atoms with Gasteiger partial charge in [0, 0.05) is 16.6 Å². The van der Waals surface area contributed by atoms with Crippen LogP contribution in [0.25, 0.3) is 10.6 Å². The number of hydrogen-bond acceptors (Lipinski definition) is 7. The number of methoxy groups -OCH3 is 1. The zero-order valence-corrected chi connectivity index (χ0v) is 16.8. The third-order valence-electron chi connectivity index (χ3n) is 3.64. The molecule has 0 bridgehead atoms. The number of sulfonamides is 1. The van der Waals surface area contributed by atoms with Crippen molar-refractivity contribution in [2.45, 2.75) is 6.61 Å². The van der Waals surface area contributed by atoms with E-state index in [0.29, 0.717) is 11.4 Å². The summed E-state index contributed by atoms with van der Waals surface area (Å²) in [5.74, 6) is 0.207. The number of aromatic nitrogens is 1. The summed E-state index contributed by atoms with van der Waals surface area (Å²) in [6.07, 6.45) is 1.04. The number of benzene rings is 2. The maximum atomic E-state index is 12.2. The second-order valence-corrected chi connectivity index (χ2v) is 8.51. The SMILES string of the molecule is COc1ccc(-c2nc(COC(=O)c3cccc(NS(C)(=O)=O)c3)cs2)cc1. The predicted molar refractivity (Wildman–Crippen MR) is 108 cm³/mol. The standard InChI is InChI=1S/C19H18N2O5S2/c1-25-17-8-6-13(7-9-17)18-20-16(12-27-18)11-26-19(22)14-4-3-5-15(10-14)21-28(2,23)24/h3-10,12,21H,11H2,1-2H3. The number of thiazole rings is 1. The molecule has 0 unspecified atom stereocenters. The fourth-order valence-electron chi connectivity index (χ4n) is 2.39. The summed E-state index contributed by atoms with van der Waals surface area (Å²) in [6.45, 7) is 0.0230. The Hall–Kier alpha value is -2.91. The van der Waals surface area contributed by atoms with Gasteiger partial charge in [-0.2, -0.15) is 0 Å². The van der Waals surface area contributed by atoms with Crippen LogP contribution in [0.1, 0.15) is 16.1 Å². The van der Waals surface area contributed by atoms with Crippen molar-refractivity contribution < 1.29 is 22.7 Å². The lowest BCUT2D eigenvalue weighted by atomic mass is 10.2. The number of carbonyl (C=O) groups excluding carboxylic acids is 1. The summed E-state index contributed by atoms with van der Waals surface area (Å²) >= 11 is 1.45. The van der Waals surface area contributed by atoms with Gasteiger partial charge in [-0.15, -0.1) is 11.3 Å². The molecule has 28 heavy (non-hydrogen) atoms. The Morgan fingerprint density at radius 3 is 2.61 bits per heavy atom. The summed E-state index contributed by atoms with van der Waals surface area (Å²) < 4.78 is 35.4. The summed E-state index contributed by atoms with van der Waals surface area (Å²) in [5.41, 5.74) is 2.13. The van der Waals surface area contributed by atoms with E-state index in [1.807, 2.05) is 29.6 Å². The van der Waals surface area contributed by atoms with Crippen molar-refractivity contribution in [3.05, 3.63) is 65.2 Å². The normalized spacial score (nSPS) is 11.1. The summed E-state index contributed by atoms with van der Waals surface area (Å²) in [7, 11) is -1.81. The second-order valence-electron chi connectivity index (χ2n) is 5.90. The van der Waals surface area contributed by atoms with Gasteiger partial charge in [-0.05, 0) is 42.5 Å². The molecule has 3 aromatic rings. The van der Waals surface area contributed by atoms with E-state index in [9.17, 15) is 13.2 Å². The van der Waals surface area contributed by atoms with E-state index in [4.69, 9.17) is 9.47 Å². The maximum absolute atomic E-state index is 12.2. The van der Waals surface area contributed by atoms with Crippen molar-refractivity contribution in [1.29, 1.82) is 0 Å². The van der Waals surface area contributed by atoms with Crippen molar-refractivity contribution in [2.75, 3.05) is 18.1 Å². The molecule has 1 aromatic heterocycles. The van der Waals surface area contributed by atoms with Crippen LogP contribution in [0.15, 0.2) is 53.9 Å². The summed E-state index contributed by atoms with van der Waals surface area (Å²) in [6, 6.07) is 13.6. The Morgan fingerprint density at radius 2 is 1.93 bits per heavy atom. The highest BCUT2D eigenvalue weighted by atomic mass is 32.2. The molecule has 3 rings (SSSR count). The maximum Gasteiger partial charge on any atom is 0.338 e. The first kappa shape index (κ1) is 19.8. The molecule has 0 aliphatic heterocycles. The van der Waals surface area contributed by atoms with Crippen LogP contribution in [-0.4, -0.2) is 32.7 Å². The van der Waals surface area contributed by atoms with Crippen LogP contribution in [-0.2, 0) is 21.4 Å². The third-order valence-corrected chi connectivity index (χ3v) is 5.19. The Labute approximate surface area is 167 Å². The van der Waals surface area contributed by atoms with E-state index in [1.165, 1.54) is 17.4 Å². The van der Waals surface area contributed by atoms with E-state index < -0.39 is 16.0 Å². The number of nitrogens with zero attached hydrogens (tertiary/aromatic N) is 1. The van der Waals surface area contributed by atoms with E-state index in [-0.39, 0.29) is 12.2 Å². The van der Waals surface area contributed by atoms with Gasteiger partial charge < -0.3 is 9.47 Å². The van der Waals surface area contributed by atoms with Crippen molar-refractivity contribution in [2.24, 2.45) is 0 Å². The molecular formula is C19H18N2O5S2. The minimum absolute atomic E-state index is 0.0230. The van der Waals surface area contributed by atoms with E-state index in [2.05, 4.69) is 9.71 Å². The Morgan fingerprint density at radius 1 is 1.18 bits per heavy atom. The van der Waals surface area contributed by atoms with Crippen molar-refractivity contribution in [3.8, 4) is 16.3 Å². The lowest BCUT2D eigenvalue weighted by Gasteiger charge is -2.06. The molecule has 1 heterocycles. The molecule has 7 nitrogen and oxygen atoms in total. The van der Waals surface area contributed by atoms with Crippen LogP contribution >= 0.6 is 11.3 Å². The van der Waals surface area contributed by atoms with Crippen LogP contribution < -0.4 is 9.46 Å². The van der Waals surface area contributed by atoms with Gasteiger partial charge in [-0.3, -0.25) is 4.72 Å². The van der Waals surface area contributed by atoms with Crippen molar-refractivity contribution in [3.63, 3.8) is 0 Å². The van der Waals surface area contributed by atoms with Crippen LogP contribution in [0, 0.1) is 0 Å². The first-order chi connectivity index (χ1) is 13.3. The van der Waals surface area contributed by atoms with E-state index in [1.54, 1.807) is 25.3 Å². The van der Waals surface area contributed by atoms with Crippen LogP contribution in [0.4, 0.5) is 5.69 Å². The van der Waals surface area contributed by atoms with E-state index >= 15 is 0 Å². The summed E-state index contributed by atoms with van der Waals surface area (Å²) in [5, 5.41) is 2.64. The van der Waals surface area contributed by atoms with Crippen LogP contribution in [0.5, 0.6) is 5.75 Å². The zero-order chi connectivity index (χ0) is 20.1. The molecule has 2 aromatic carbocycles. The number of anilines is 1. The highest BCUT2D eigenvalue weighted by Gasteiger charge is 2.12. The number of rotatable bonds is 7. The molecule has 1 N–H and O–H groups in total. The minimum atomic E-state index is -3.42. The predicted octanol–water partition coefficient (Wildman–Crippen LogP) is 3.55. The fraction of sp³-hybridized carbons (Fsp3) is 0.158. The molecule has 146 valence electrons. The molecule has 0 atom stereocenters.